The molecule has 0 aromatic heterocycles. The molecule has 0 bridgehead atoms. The van der Waals surface area contributed by atoms with Crippen LogP contribution >= 0.6 is 0 Å². The number of hydrogen-bond donors (Lipinski definition) is 1. The van der Waals surface area contributed by atoms with E-state index in [0.29, 0.717) is 0 Å². The van der Waals surface area contributed by atoms with Crippen molar-refractivity contribution < 1.29 is 4.79 Å². The summed E-state index contributed by atoms with van der Waals surface area (Å²) in [5, 5.41) is 2.78. The molecule has 0 radical (unpaired) electrons. The quantitative estimate of drug-likeness (QED) is 0.680. The van der Waals surface area contributed by atoms with Crippen LogP contribution in [0.2, 0.25) is 0 Å². The fraction of sp³-hybridized carbons (Fsp3) is 0.667. The predicted molar refractivity (Wildman–Crippen MR) is 48.3 cm³/mol. The van der Waals surface area contributed by atoms with Crippen LogP contribution < -0.4 is 5.32 Å². The van der Waals surface area contributed by atoms with Gasteiger partial charge in [-0.05, 0) is 19.8 Å². The molecular weight excluding hydrogens is 152 g/mol. The lowest BCUT2D eigenvalue weighted by molar-refractivity contribution is -0.121. The molecule has 1 aliphatic carbocycles. The number of hydrogen-bond acceptors (Lipinski definition) is 2. The van der Waals surface area contributed by atoms with Gasteiger partial charge in [-0.1, -0.05) is 0 Å². The van der Waals surface area contributed by atoms with Gasteiger partial charge in [0.25, 0.3) is 0 Å². The Morgan fingerprint density at radius 2 is 2.08 bits per heavy atom. The average molecular weight is 168 g/mol. The van der Waals surface area contributed by atoms with E-state index in [0.717, 1.165) is 18.5 Å². The zero-order valence-corrected chi connectivity index (χ0v) is 7.92. The van der Waals surface area contributed by atoms with Crippen LogP contribution in [-0.2, 0) is 4.79 Å². The van der Waals surface area contributed by atoms with Crippen molar-refractivity contribution in [3.63, 3.8) is 0 Å². The largest absolute Gasteiger partial charge is 0.380 e. The van der Waals surface area contributed by atoms with E-state index < -0.39 is 0 Å². The minimum Gasteiger partial charge on any atom is -0.380 e. The highest BCUT2D eigenvalue weighted by Gasteiger charge is 2.28. The van der Waals surface area contributed by atoms with Crippen molar-refractivity contribution in [1.82, 2.24) is 10.2 Å². The van der Waals surface area contributed by atoms with Crippen molar-refractivity contribution in [3.8, 4) is 0 Å². The number of rotatable bonds is 3. The van der Waals surface area contributed by atoms with Gasteiger partial charge >= 0.3 is 0 Å². The van der Waals surface area contributed by atoms with Crippen molar-refractivity contribution in [2.45, 2.75) is 19.8 Å². The predicted octanol–water partition coefficient (Wildman–Crippen LogP) is 0.935. The third-order valence-electron chi connectivity index (χ3n) is 2.08. The standard InChI is InChI=1S/C9H16N2O/c1-7(11(2)3)6-10-9(12)8-4-5-8/h6,8H,4-5H2,1-3H3,(H,10,12)/b7-6+. The summed E-state index contributed by atoms with van der Waals surface area (Å²) >= 11 is 0. The van der Waals surface area contributed by atoms with Crippen LogP contribution in [0.4, 0.5) is 0 Å². The fourth-order valence-electron chi connectivity index (χ4n) is 0.768. The molecule has 1 rings (SSSR count). The van der Waals surface area contributed by atoms with Gasteiger partial charge in [-0.15, -0.1) is 0 Å². The molecule has 68 valence electrons. The Morgan fingerprint density at radius 1 is 1.50 bits per heavy atom. The van der Waals surface area contributed by atoms with Crippen LogP contribution in [0, 0.1) is 5.92 Å². The first-order valence-electron chi connectivity index (χ1n) is 4.25. The molecule has 0 saturated heterocycles. The van der Waals surface area contributed by atoms with Gasteiger partial charge in [-0.3, -0.25) is 4.79 Å². The Bertz CT molecular complexity index is 205. The molecule has 0 aromatic rings. The lowest BCUT2D eigenvalue weighted by atomic mass is 10.4. The molecule has 1 saturated carbocycles. The van der Waals surface area contributed by atoms with Gasteiger partial charge in [0.05, 0.1) is 0 Å². The molecule has 1 aliphatic rings. The number of nitrogens with zero attached hydrogens (tertiary/aromatic N) is 1. The first-order chi connectivity index (χ1) is 5.61. The summed E-state index contributed by atoms with van der Waals surface area (Å²) in [6, 6.07) is 0. The van der Waals surface area contributed by atoms with Crippen molar-refractivity contribution in [3.05, 3.63) is 11.9 Å². The minimum atomic E-state index is 0.163. The Labute approximate surface area is 73.4 Å². The fourth-order valence-corrected chi connectivity index (χ4v) is 0.768. The highest BCUT2D eigenvalue weighted by molar-refractivity contribution is 5.81. The molecule has 0 unspecified atom stereocenters. The van der Waals surface area contributed by atoms with Crippen LogP contribution in [0.15, 0.2) is 11.9 Å². The maximum absolute atomic E-state index is 11.2. The molecule has 0 spiro atoms. The maximum atomic E-state index is 11.2. The Hall–Kier alpha value is -0.990. The van der Waals surface area contributed by atoms with E-state index in [1.54, 1.807) is 6.20 Å². The normalized spacial score (nSPS) is 17.4. The van der Waals surface area contributed by atoms with Crippen molar-refractivity contribution >= 4 is 5.91 Å². The molecule has 1 fully saturated rings. The first-order valence-corrected chi connectivity index (χ1v) is 4.25. The van der Waals surface area contributed by atoms with E-state index in [2.05, 4.69) is 5.32 Å². The van der Waals surface area contributed by atoms with Crippen molar-refractivity contribution in [2.24, 2.45) is 5.92 Å². The van der Waals surface area contributed by atoms with Gasteiger partial charge in [0.2, 0.25) is 5.91 Å². The van der Waals surface area contributed by atoms with Crippen LogP contribution in [-0.4, -0.2) is 24.9 Å². The van der Waals surface area contributed by atoms with E-state index in [-0.39, 0.29) is 11.8 Å². The second kappa shape index (κ2) is 3.61. The summed E-state index contributed by atoms with van der Waals surface area (Å²) < 4.78 is 0. The third-order valence-corrected chi connectivity index (χ3v) is 2.08. The van der Waals surface area contributed by atoms with E-state index in [4.69, 9.17) is 0 Å². The van der Waals surface area contributed by atoms with Gasteiger partial charge in [0, 0.05) is 31.9 Å². The molecule has 1 amide bonds. The van der Waals surface area contributed by atoms with Gasteiger partial charge in [0.15, 0.2) is 0 Å². The lowest BCUT2D eigenvalue weighted by Gasteiger charge is -2.12. The summed E-state index contributed by atoms with van der Waals surface area (Å²) in [6.07, 6.45) is 3.88. The monoisotopic (exact) mass is 168 g/mol. The number of carbonyl (C=O) groups excluding carboxylic acids is 1. The van der Waals surface area contributed by atoms with Crippen molar-refractivity contribution in [2.75, 3.05) is 14.1 Å². The molecule has 0 aromatic carbocycles. The van der Waals surface area contributed by atoms with Crippen molar-refractivity contribution in [1.29, 1.82) is 0 Å². The zero-order valence-electron chi connectivity index (χ0n) is 7.92. The number of carbonyl (C=O) groups is 1. The van der Waals surface area contributed by atoms with Gasteiger partial charge in [-0.2, -0.15) is 0 Å². The molecule has 12 heavy (non-hydrogen) atoms. The topological polar surface area (TPSA) is 32.3 Å². The zero-order chi connectivity index (χ0) is 9.14. The highest BCUT2D eigenvalue weighted by Crippen LogP contribution is 2.28. The minimum absolute atomic E-state index is 0.163. The second-order valence-corrected chi connectivity index (χ2v) is 3.46. The Balaban J connectivity index is 2.31. The van der Waals surface area contributed by atoms with Gasteiger partial charge in [-0.25, -0.2) is 0 Å². The van der Waals surface area contributed by atoms with Gasteiger partial charge in [0.1, 0.15) is 0 Å². The SMILES string of the molecule is C/C(=C\NC(=O)C1CC1)N(C)C. The maximum Gasteiger partial charge on any atom is 0.227 e. The molecule has 0 atom stereocenters. The average Bonchev–Trinajstić information content (AvgIpc) is 2.81. The van der Waals surface area contributed by atoms with Crippen LogP contribution in [0.5, 0.6) is 0 Å². The van der Waals surface area contributed by atoms with Crippen LogP contribution in [0.1, 0.15) is 19.8 Å². The number of allylic oxidation sites excluding steroid dienone is 1. The third kappa shape index (κ3) is 2.57. The summed E-state index contributed by atoms with van der Waals surface area (Å²) in [6.45, 7) is 1.97. The molecular formula is C9H16N2O. The summed E-state index contributed by atoms with van der Waals surface area (Å²) in [5.74, 6) is 0.451. The number of nitrogens with one attached hydrogen (secondary N) is 1. The van der Waals surface area contributed by atoms with Crippen LogP contribution in [0.25, 0.3) is 0 Å². The first kappa shape index (κ1) is 9.10. The Kier molecular flexibility index (Phi) is 2.74. The summed E-state index contributed by atoms with van der Waals surface area (Å²) in [4.78, 5) is 13.1. The van der Waals surface area contributed by atoms with Crippen LogP contribution in [0.3, 0.4) is 0 Å². The smallest absolute Gasteiger partial charge is 0.227 e. The highest BCUT2D eigenvalue weighted by atomic mass is 16.1. The second-order valence-electron chi connectivity index (χ2n) is 3.46. The number of amides is 1. The summed E-state index contributed by atoms with van der Waals surface area (Å²) in [7, 11) is 3.91. The molecule has 3 heteroatoms. The van der Waals surface area contributed by atoms with E-state index in [1.165, 1.54) is 0 Å². The molecule has 3 nitrogen and oxygen atoms in total. The Morgan fingerprint density at radius 3 is 2.50 bits per heavy atom. The molecule has 1 N–H and O–H groups in total. The van der Waals surface area contributed by atoms with E-state index in [1.807, 2.05) is 25.9 Å². The molecule has 0 aliphatic heterocycles. The summed E-state index contributed by atoms with van der Waals surface area (Å²) in [5.41, 5.74) is 1.06. The van der Waals surface area contributed by atoms with E-state index in [9.17, 15) is 4.79 Å². The lowest BCUT2D eigenvalue weighted by Crippen LogP contribution is -2.21. The molecule has 0 heterocycles. The van der Waals surface area contributed by atoms with Gasteiger partial charge < -0.3 is 10.2 Å². The van der Waals surface area contributed by atoms with E-state index >= 15 is 0 Å².